The third kappa shape index (κ3) is 3.78. The lowest BCUT2D eigenvalue weighted by Crippen LogP contribution is -2.15. The summed E-state index contributed by atoms with van der Waals surface area (Å²) in [5.41, 5.74) is 3.83. The molecule has 0 bridgehead atoms. The molecule has 0 aliphatic rings. The van der Waals surface area contributed by atoms with E-state index in [0.29, 0.717) is 7.93 Å². The summed E-state index contributed by atoms with van der Waals surface area (Å²) >= 11 is 6.26. The third-order valence-corrected chi connectivity index (χ3v) is 6.32. The van der Waals surface area contributed by atoms with Crippen molar-refractivity contribution in [1.29, 1.82) is 0 Å². The van der Waals surface area contributed by atoms with Gasteiger partial charge in [0.2, 0.25) is 0 Å². The number of hydrogen-bond acceptors (Lipinski definition) is 1. The minimum atomic E-state index is -0.0282. The largest absolute Gasteiger partial charge is 0.496 e. The molecule has 0 aliphatic carbocycles. The van der Waals surface area contributed by atoms with Crippen LogP contribution in [-0.4, -0.2) is 7.11 Å². The third-order valence-electron chi connectivity index (χ3n) is 4.03. The normalized spacial score (nSPS) is 14.3. The molecule has 2 aromatic rings. The zero-order valence-corrected chi connectivity index (χ0v) is 14.6. The minimum absolute atomic E-state index is 0.0282. The van der Waals surface area contributed by atoms with E-state index in [0.717, 1.165) is 18.6 Å². The molecule has 0 aromatic heterocycles. The van der Waals surface area contributed by atoms with E-state index in [9.17, 15) is 0 Å². The fourth-order valence-corrected chi connectivity index (χ4v) is 3.57. The standard InChI is InChI=1S/C18H22ClOP/c1-4-18(2,21-19)16-13-15(10-11-17(16)20-3)12-14-8-6-5-7-9-14/h5-11,13,21H,4,12H2,1-3H3. The van der Waals surface area contributed by atoms with Crippen LogP contribution in [0.5, 0.6) is 5.75 Å². The average Bonchev–Trinajstić information content (AvgIpc) is 2.55. The summed E-state index contributed by atoms with van der Waals surface area (Å²) < 4.78 is 5.55. The highest BCUT2D eigenvalue weighted by atomic mass is 35.7. The summed E-state index contributed by atoms with van der Waals surface area (Å²) in [7, 11) is 2.06. The number of hydrogen-bond donors (Lipinski definition) is 0. The summed E-state index contributed by atoms with van der Waals surface area (Å²) in [6, 6.07) is 17.0. The smallest absolute Gasteiger partial charge is 0.123 e. The van der Waals surface area contributed by atoms with Crippen LogP contribution in [0.15, 0.2) is 48.5 Å². The number of halogens is 1. The predicted molar refractivity (Wildman–Crippen MR) is 94.1 cm³/mol. The molecule has 1 nitrogen and oxygen atoms in total. The van der Waals surface area contributed by atoms with Crippen molar-refractivity contribution >= 4 is 19.2 Å². The van der Waals surface area contributed by atoms with Gasteiger partial charge in [-0.1, -0.05) is 67.6 Å². The SMILES string of the molecule is CCC(C)(PCl)c1cc(Cc2ccccc2)ccc1OC. The molecule has 2 atom stereocenters. The highest BCUT2D eigenvalue weighted by Crippen LogP contribution is 2.50. The number of methoxy groups -OCH3 is 1. The molecule has 2 unspecified atom stereocenters. The summed E-state index contributed by atoms with van der Waals surface area (Å²) in [6.07, 6.45) is 1.93. The van der Waals surface area contributed by atoms with Gasteiger partial charge in [-0.3, -0.25) is 0 Å². The number of ether oxygens (including phenoxy) is 1. The van der Waals surface area contributed by atoms with Gasteiger partial charge in [0.25, 0.3) is 0 Å². The Morgan fingerprint density at radius 3 is 2.38 bits per heavy atom. The lowest BCUT2D eigenvalue weighted by molar-refractivity contribution is 0.403. The van der Waals surface area contributed by atoms with Crippen LogP contribution in [0.2, 0.25) is 0 Å². The predicted octanol–water partition coefficient (Wildman–Crippen LogP) is 5.74. The average molecular weight is 321 g/mol. The molecule has 0 fully saturated rings. The Morgan fingerprint density at radius 2 is 1.81 bits per heavy atom. The van der Waals surface area contributed by atoms with Gasteiger partial charge in [-0.2, -0.15) is 0 Å². The molecular weight excluding hydrogens is 299 g/mol. The zero-order chi connectivity index (χ0) is 15.3. The van der Waals surface area contributed by atoms with Crippen molar-refractivity contribution in [2.75, 3.05) is 7.11 Å². The minimum Gasteiger partial charge on any atom is -0.496 e. The van der Waals surface area contributed by atoms with Crippen molar-refractivity contribution in [1.82, 2.24) is 0 Å². The van der Waals surface area contributed by atoms with Gasteiger partial charge in [0.1, 0.15) is 5.75 Å². The number of rotatable bonds is 6. The Morgan fingerprint density at radius 1 is 1.10 bits per heavy atom. The molecule has 2 rings (SSSR count). The molecule has 0 saturated carbocycles. The lowest BCUT2D eigenvalue weighted by Gasteiger charge is -2.28. The van der Waals surface area contributed by atoms with Crippen molar-refractivity contribution in [2.45, 2.75) is 31.8 Å². The van der Waals surface area contributed by atoms with Gasteiger partial charge in [-0.25, -0.2) is 0 Å². The Kier molecular flexibility index (Phi) is 5.67. The van der Waals surface area contributed by atoms with Gasteiger partial charge < -0.3 is 4.74 Å². The van der Waals surface area contributed by atoms with Crippen LogP contribution in [0.4, 0.5) is 0 Å². The first-order chi connectivity index (χ1) is 10.1. The fraction of sp³-hybridized carbons (Fsp3) is 0.333. The molecular formula is C18H22ClOP. The monoisotopic (exact) mass is 320 g/mol. The van der Waals surface area contributed by atoms with Crippen LogP contribution in [0.3, 0.4) is 0 Å². The van der Waals surface area contributed by atoms with Crippen LogP contribution >= 0.6 is 19.2 Å². The second-order valence-electron chi connectivity index (χ2n) is 5.48. The van der Waals surface area contributed by atoms with E-state index in [4.69, 9.17) is 16.0 Å². The molecule has 0 amide bonds. The quantitative estimate of drug-likeness (QED) is 0.616. The van der Waals surface area contributed by atoms with Gasteiger partial charge in [0, 0.05) is 10.7 Å². The molecule has 0 aliphatic heterocycles. The van der Waals surface area contributed by atoms with Crippen molar-refractivity contribution in [3.05, 3.63) is 65.2 Å². The maximum atomic E-state index is 6.26. The lowest BCUT2D eigenvalue weighted by atomic mass is 9.93. The van der Waals surface area contributed by atoms with E-state index in [1.165, 1.54) is 16.7 Å². The summed E-state index contributed by atoms with van der Waals surface area (Å²) in [5.74, 6) is 0.935. The Labute approximate surface area is 134 Å². The summed E-state index contributed by atoms with van der Waals surface area (Å²) in [4.78, 5) is 0. The molecule has 0 spiro atoms. The van der Waals surface area contributed by atoms with Crippen LogP contribution in [0.25, 0.3) is 0 Å². The number of benzene rings is 2. The molecule has 0 radical (unpaired) electrons. The maximum Gasteiger partial charge on any atom is 0.123 e. The first-order valence-electron chi connectivity index (χ1n) is 7.22. The van der Waals surface area contributed by atoms with Crippen LogP contribution in [0, 0.1) is 0 Å². The van der Waals surface area contributed by atoms with Crippen molar-refractivity contribution in [3.63, 3.8) is 0 Å². The molecule has 3 heteroatoms. The van der Waals surface area contributed by atoms with Gasteiger partial charge in [0.05, 0.1) is 7.11 Å². The second-order valence-corrected chi connectivity index (χ2v) is 7.34. The topological polar surface area (TPSA) is 9.23 Å². The molecule has 0 heterocycles. The van der Waals surface area contributed by atoms with E-state index in [2.05, 4.69) is 56.3 Å². The van der Waals surface area contributed by atoms with Gasteiger partial charge in [-0.15, -0.1) is 0 Å². The van der Waals surface area contributed by atoms with Crippen LogP contribution in [0.1, 0.15) is 37.0 Å². The van der Waals surface area contributed by atoms with Gasteiger partial charge in [-0.05, 0) is 38.0 Å². The van der Waals surface area contributed by atoms with E-state index >= 15 is 0 Å². The molecule has 0 saturated heterocycles. The molecule has 2 aromatic carbocycles. The second kappa shape index (κ2) is 7.29. The van der Waals surface area contributed by atoms with Crippen LogP contribution in [-0.2, 0) is 11.6 Å². The highest BCUT2D eigenvalue weighted by molar-refractivity contribution is 7.69. The first-order valence-corrected chi connectivity index (χ1v) is 9.23. The van der Waals surface area contributed by atoms with E-state index in [1.807, 2.05) is 6.07 Å². The molecule has 21 heavy (non-hydrogen) atoms. The Balaban J connectivity index is 2.38. The van der Waals surface area contributed by atoms with Crippen molar-refractivity contribution in [2.24, 2.45) is 0 Å². The van der Waals surface area contributed by atoms with Crippen molar-refractivity contribution in [3.8, 4) is 5.75 Å². The van der Waals surface area contributed by atoms with Crippen molar-refractivity contribution < 1.29 is 4.74 Å². The molecule has 112 valence electrons. The zero-order valence-electron chi connectivity index (χ0n) is 12.8. The Bertz CT molecular complexity index is 579. The van der Waals surface area contributed by atoms with E-state index < -0.39 is 0 Å². The first kappa shape index (κ1) is 16.3. The maximum absolute atomic E-state index is 6.26. The summed E-state index contributed by atoms with van der Waals surface area (Å²) in [6.45, 7) is 4.39. The Hall–Kier alpha value is -1.04. The highest BCUT2D eigenvalue weighted by Gasteiger charge is 2.27. The van der Waals surface area contributed by atoms with E-state index in [1.54, 1.807) is 7.11 Å². The summed E-state index contributed by atoms with van der Waals surface area (Å²) in [5, 5.41) is -0.0282. The van der Waals surface area contributed by atoms with Gasteiger partial charge in [0.15, 0.2) is 0 Å². The van der Waals surface area contributed by atoms with Gasteiger partial charge >= 0.3 is 0 Å². The molecule has 0 N–H and O–H groups in total. The van der Waals surface area contributed by atoms with E-state index in [-0.39, 0.29) is 5.16 Å². The fourth-order valence-electron chi connectivity index (χ4n) is 2.44. The van der Waals surface area contributed by atoms with Crippen LogP contribution < -0.4 is 4.74 Å².